The first-order valence-corrected chi connectivity index (χ1v) is 3.42. The Hall–Kier alpha value is -0.880. The Morgan fingerprint density at radius 3 is 3.00 bits per heavy atom. The molecule has 7 heteroatoms. The smallest absolute Gasteiger partial charge is 0.236 e. The van der Waals surface area contributed by atoms with Gasteiger partial charge in [0.25, 0.3) is 0 Å². The van der Waals surface area contributed by atoms with Crippen LogP contribution in [0, 0.1) is 0 Å². The molecule has 0 saturated carbocycles. The molecule has 5 nitrogen and oxygen atoms in total. The number of rotatable bonds is 3. The number of anilines is 1. The maximum absolute atomic E-state index is 9.73. The van der Waals surface area contributed by atoms with Crippen molar-refractivity contribution in [3.8, 4) is 0 Å². The molecular weight excluding hydrogens is 176 g/mol. The monoisotopic (exact) mass is 178 g/mol. The van der Waals surface area contributed by atoms with E-state index in [9.17, 15) is 4.79 Å². The molecule has 0 unspecified atom stereocenters. The van der Waals surface area contributed by atoms with E-state index in [1.165, 1.54) is 0 Å². The number of amides is 1. The molecular formula is C3H3ClN4OS. The minimum absolute atomic E-state index is 0.167. The van der Waals surface area contributed by atoms with E-state index in [1.807, 2.05) is 0 Å². The summed E-state index contributed by atoms with van der Waals surface area (Å²) in [6, 6.07) is 0. The van der Waals surface area contributed by atoms with Gasteiger partial charge in [-0.1, -0.05) is 0 Å². The van der Waals surface area contributed by atoms with Crippen LogP contribution in [-0.4, -0.2) is 15.8 Å². The summed E-state index contributed by atoms with van der Waals surface area (Å²) in [4.78, 5) is 13.4. The van der Waals surface area contributed by atoms with Gasteiger partial charge in [0.15, 0.2) is 0 Å². The molecule has 2 N–H and O–H groups in total. The molecule has 0 atom stereocenters. The Kier molecular flexibility index (Phi) is 2.41. The number of carbonyl (C=O) groups excluding carboxylic acids is 1. The Morgan fingerprint density at radius 1 is 1.70 bits per heavy atom. The molecule has 54 valence electrons. The maximum Gasteiger partial charge on any atom is 0.236 e. The van der Waals surface area contributed by atoms with Crippen LogP contribution in [0.5, 0.6) is 0 Å². The minimum atomic E-state index is 0.167. The molecule has 0 aliphatic rings. The van der Waals surface area contributed by atoms with Gasteiger partial charge < -0.3 is 0 Å². The number of hydrogen-bond acceptors (Lipinski definition) is 5. The molecule has 0 bridgehead atoms. The molecule has 1 aromatic rings. The highest BCUT2D eigenvalue weighted by atomic mass is 35.5. The Balaban J connectivity index is 2.49. The topological polar surface area (TPSA) is 66.9 Å². The van der Waals surface area contributed by atoms with E-state index >= 15 is 0 Å². The summed E-state index contributed by atoms with van der Waals surface area (Å²) in [5.41, 5.74) is 4.65. The highest BCUT2D eigenvalue weighted by Gasteiger charge is 1.97. The lowest BCUT2D eigenvalue weighted by molar-refractivity contribution is -0.109. The summed E-state index contributed by atoms with van der Waals surface area (Å²) in [6.07, 6.45) is 0.495. The lowest BCUT2D eigenvalue weighted by atomic mass is 11.2. The van der Waals surface area contributed by atoms with Gasteiger partial charge in [0.2, 0.25) is 16.8 Å². The van der Waals surface area contributed by atoms with Gasteiger partial charge in [-0.25, -0.2) is 0 Å². The summed E-state index contributed by atoms with van der Waals surface area (Å²) in [7, 11) is 0. The second-order valence-corrected chi connectivity index (χ2v) is 2.35. The zero-order valence-corrected chi connectivity index (χ0v) is 6.24. The lowest BCUT2D eigenvalue weighted by Gasteiger charge is -1.93. The van der Waals surface area contributed by atoms with Gasteiger partial charge >= 0.3 is 0 Å². The highest BCUT2D eigenvalue weighted by molar-refractivity contribution is 7.09. The van der Waals surface area contributed by atoms with Crippen molar-refractivity contribution in [3.05, 3.63) is 5.28 Å². The fraction of sp³-hybridized carbons (Fsp3) is 0. The van der Waals surface area contributed by atoms with Gasteiger partial charge in [-0.15, -0.1) is 0 Å². The molecule has 1 heterocycles. The van der Waals surface area contributed by atoms with E-state index in [0.717, 1.165) is 11.5 Å². The van der Waals surface area contributed by atoms with Crippen LogP contribution in [0.15, 0.2) is 0 Å². The van der Waals surface area contributed by atoms with Crippen molar-refractivity contribution in [2.75, 3.05) is 5.43 Å². The van der Waals surface area contributed by atoms with Gasteiger partial charge in [-0.05, 0) is 11.6 Å². The fourth-order valence-electron chi connectivity index (χ4n) is 0.347. The van der Waals surface area contributed by atoms with E-state index in [4.69, 9.17) is 11.6 Å². The summed E-state index contributed by atoms with van der Waals surface area (Å²) in [5.74, 6) is 0. The summed E-state index contributed by atoms with van der Waals surface area (Å²) >= 11 is 6.44. The third kappa shape index (κ3) is 1.82. The van der Waals surface area contributed by atoms with Crippen LogP contribution in [0.25, 0.3) is 0 Å². The van der Waals surface area contributed by atoms with Crippen LogP contribution in [0.1, 0.15) is 0 Å². The molecule has 10 heavy (non-hydrogen) atoms. The van der Waals surface area contributed by atoms with Crippen LogP contribution in [-0.2, 0) is 4.79 Å². The fourth-order valence-corrected chi connectivity index (χ4v) is 1.02. The van der Waals surface area contributed by atoms with Crippen molar-refractivity contribution < 1.29 is 4.79 Å². The van der Waals surface area contributed by atoms with Gasteiger partial charge in [-0.3, -0.25) is 15.6 Å². The second kappa shape index (κ2) is 3.33. The molecule has 1 aromatic heterocycles. The van der Waals surface area contributed by atoms with Crippen molar-refractivity contribution >= 4 is 34.7 Å². The maximum atomic E-state index is 9.73. The first-order chi connectivity index (χ1) is 4.83. The quantitative estimate of drug-likeness (QED) is 0.515. The summed E-state index contributed by atoms with van der Waals surface area (Å²) in [5, 5.41) is 0.622. The molecule has 0 radical (unpaired) electrons. The Labute approximate surface area is 65.6 Å². The average Bonchev–Trinajstić information content (AvgIpc) is 2.31. The predicted molar refractivity (Wildman–Crippen MR) is 37.7 cm³/mol. The Bertz CT molecular complexity index is 226. The number of aromatic nitrogens is 2. The standard InChI is InChI=1S/C3H3ClN4OS/c4-2-6-3(10-8-2)7-5-1-9/h1H,(H,5,9)(H,6,7,8). The van der Waals surface area contributed by atoms with Crippen LogP contribution in [0.4, 0.5) is 5.13 Å². The summed E-state index contributed by atoms with van der Waals surface area (Å²) in [6.45, 7) is 0. The van der Waals surface area contributed by atoms with Crippen molar-refractivity contribution in [3.63, 3.8) is 0 Å². The van der Waals surface area contributed by atoms with Crippen LogP contribution in [0.2, 0.25) is 5.28 Å². The molecule has 1 rings (SSSR count). The van der Waals surface area contributed by atoms with Crippen molar-refractivity contribution in [1.82, 2.24) is 14.8 Å². The normalized spacial score (nSPS) is 8.90. The zero-order valence-electron chi connectivity index (χ0n) is 4.67. The predicted octanol–water partition coefficient (Wildman–Crippen LogP) is 0.264. The number of nitrogens with one attached hydrogen (secondary N) is 2. The molecule has 1 amide bonds. The molecule has 0 aliphatic carbocycles. The van der Waals surface area contributed by atoms with Gasteiger partial charge in [-0.2, -0.15) is 9.36 Å². The number of hydrazine groups is 1. The number of halogens is 1. The van der Waals surface area contributed by atoms with E-state index in [1.54, 1.807) is 0 Å². The van der Waals surface area contributed by atoms with E-state index < -0.39 is 0 Å². The molecule has 0 aliphatic heterocycles. The third-order valence-corrected chi connectivity index (χ3v) is 1.54. The Morgan fingerprint density at radius 2 is 2.50 bits per heavy atom. The van der Waals surface area contributed by atoms with Crippen LogP contribution < -0.4 is 10.9 Å². The third-order valence-electron chi connectivity index (χ3n) is 0.639. The van der Waals surface area contributed by atoms with Crippen LogP contribution >= 0.6 is 23.1 Å². The van der Waals surface area contributed by atoms with E-state index in [-0.39, 0.29) is 5.28 Å². The van der Waals surface area contributed by atoms with Gasteiger partial charge in [0.1, 0.15) is 0 Å². The highest BCUT2D eigenvalue weighted by Crippen LogP contribution is 2.12. The second-order valence-electron chi connectivity index (χ2n) is 1.26. The molecule has 0 fully saturated rings. The zero-order chi connectivity index (χ0) is 7.40. The average molecular weight is 179 g/mol. The van der Waals surface area contributed by atoms with Crippen molar-refractivity contribution in [2.45, 2.75) is 0 Å². The van der Waals surface area contributed by atoms with Crippen molar-refractivity contribution in [2.24, 2.45) is 0 Å². The minimum Gasteiger partial charge on any atom is -0.277 e. The molecule has 0 spiro atoms. The van der Waals surface area contributed by atoms with Crippen molar-refractivity contribution in [1.29, 1.82) is 0 Å². The largest absolute Gasteiger partial charge is 0.277 e. The van der Waals surface area contributed by atoms with Crippen LogP contribution in [0.3, 0.4) is 0 Å². The number of hydrogen-bond donors (Lipinski definition) is 2. The lowest BCUT2D eigenvalue weighted by Crippen LogP contribution is -2.18. The first-order valence-electron chi connectivity index (χ1n) is 2.27. The summed E-state index contributed by atoms with van der Waals surface area (Å²) < 4.78 is 3.65. The van der Waals surface area contributed by atoms with E-state index in [0.29, 0.717) is 11.5 Å². The number of nitrogens with zero attached hydrogens (tertiary/aromatic N) is 2. The SMILES string of the molecule is O=CNNc1nc(Cl)ns1. The van der Waals surface area contributed by atoms with Gasteiger partial charge in [0, 0.05) is 11.5 Å². The first kappa shape index (κ1) is 7.23. The molecule has 0 aromatic carbocycles. The van der Waals surface area contributed by atoms with E-state index in [2.05, 4.69) is 20.2 Å². The number of carbonyl (C=O) groups is 1. The molecule has 0 saturated heterocycles. The van der Waals surface area contributed by atoms with Gasteiger partial charge in [0.05, 0.1) is 0 Å².